The first kappa shape index (κ1) is 30.1. The molecule has 1 saturated carbocycles. The minimum Gasteiger partial charge on any atom is -0.486 e. The van der Waals surface area contributed by atoms with Gasteiger partial charge >= 0.3 is 6.03 Å². The van der Waals surface area contributed by atoms with Gasteiger partial charge in [-0.05, 0) is 74.1 Å². The van der Waals surface area contributed by atoms with Crippen LogP contribution in [-0.4, -0.2) is 89.8 Å². The maximum absolute atomic E-state index is 15.1. The van der Waals surface area contributed by atoms with E-state index in [9.17, 15) is 10.1 Å². The number of rotatable bonds is 9. The summed E-state index contributed by atoms with van der Waals surface area (Å²) in [5, 5.41) is 15.9. The van der Waals surface area contributed by atoms with Gasteiger partial charge in [-0.25, -0.2) is 24.6 Å². The van der Waals surface area contributed by atoms with Gasteiger partial charge in [0.2, 0.25) is 5.95 Å². The molecule has 46 heavy (non-hydrogen) atoms. The third kappa shape index (κ3) is 6.81. The summed E-state index contributed by atoms with van der Waals surface area (Å²) in [6, 6.07) is 15.8. The van der Waals surface area contributed by atoms with Gasteiger partial charge in [-0.2, -0.15) is 10.2 Å². The van der Waals surface area contributed by atoms with Crippen LogP contribution in [0.4, 0.5) is 26.5 Å². The zero-order valence-electron chi connectivity index (χ0n) is 25.4. The van der Waals surface area contributed by atoms with E-state index in [4.69, 9.17) is 9.47 Å². The van der Waals surface area contributed by atoms with Crippen molar-refractivity contribution in [2.75, 3.05) is 49.6 Å². The average Bonchev–Trinajstić information content (AvgIpc) is 3.46. The van der Waals surface area contributed by atoms with E-state index >= 15 is 4.39 Å². The van der Waals surface area contributed by atoms with E-state index in [0.717, 1.165) is 51.5 Å². The summed E-state index contributed by atoms with van der Waals surface area (Å²) in [5.41, 5.74) is 8.30. The summed E-state index contributed by atoms with van der Waals surface area (Å²) >= 11 is 0. The molecule has 3 saturated heterocycles. The Kier molecular flexibility index (Phi) is 8.78. The quantitative estimate of drug-likeness (QED) is 0.277. The Hall–Kier alpha value is -4.58. The van der Waals surface area contributed by atoms with Crippen molar-refractivity contribution < 1.29 is 18.7 Å². The van der Waals surface area contributed by atoms with Gasteiger partial charge in [0.25, 0.3) is 0 Å². The van der Waals surface area contributed by atoms with Crippen molar-refractivity contribution in [1.29, 1.82) is 5.26 Å². The van der Waals surface area contributed by atoms with Crippen LogP contribution in [0.1, 0.15) is 31.2 Å². The van der Waals surface area contributed by atoms with Gasteiger partial charge in [0, 0.05) is 43.1 Å². The molecule has 3 aliphatic heterocycles. The van der Waals surface area contributed by atoms with Crippen molar-refractivity contribution in [3.05, 3.63) is 54.4 Å². The van der Waals surface area contributed by atoms with Gasteiger partial charge < -0.3 is 25.0 Å². The van der Waals surface area contributed by atoms with E-state index in [1.807, 2.05) is 12.1 Å². The monoisotopic (exact) mass is 628 g/mol. The second kappa shape index (κ2) is 13.4. The van der Waals surface area contributed by atoms with Crippen LogP contribution in [-0.2, 0) is 4.74 Å². The molecular formula is C32H37FN10O3. The number of hydrogen-bond acceptors (Lipinski definition) is 11. The van der Waals surface area contributed by atoms with Crippen molar-refractivity contribution in [1.82, 2.24) is 36.0 Å². The molecule has 0 radical (unpaired) electrons. The topological polar surface area (TPSA) is 153 Å². The van der Waals surface area contributed by atoms with Gasteiger partial charge in [-0.1, -0.05) is 0 Å². The Bertz CT molecular complexity index is 1580. The highest BCUT2D eigenvalue weighted by Gasteiger charge is 2.35. The van der Waals surface area contributed by atoms with Crippen LogP contribution < -0.4 is 31.1 Å². The molecule has 4 N–H and O–H groups in total. The first-order valence-electron chi connectivity index (χ1n) is 15.8. The number of nitrogens with zero attached hydrogens (tertiary/aromatic N) is 6. The van der Waals surface area contributed by atoms with Crippen LogP contribution in [0.5, 0.6) is 5.75 Å². The number of anilines is 3. The second-order valence-corrected chi connectivity index (χ2v) is 12.2. The van der Waals surface area contributed by atoms with Crippen molar-refractivity contribution >= 4 is 23.4 Å². The lowest BCUT2D eigenvalue weighted by Crippen LogP contribution is -2.56. The largest absolute Gasteiger partial charge is 0.486 e. The number of amides is 2. The van der Waals surface area contributed by atoms with Crippen LogP contribution in [0.15, 0.2) is 48.8 Å². The van der Waals surface area contributed by atoms with Crippen molar-refractivity contribution in [2.45, 2.75) is 50.2 Å². The highest BCUT2D eigenvalue weighted by molar-refractivity contribution is 5.75. The van der Waals surface area contributed by atoms with Crippen LogP contribution in [0.2, 0.25) is 0 Å². The fourth-order valence-electron chi connectivity index (χ4n) is 6.53. The van der Waals surface area contributed by atoms with E-state index in [-0.39, 0.29) is 23.7 Å². The third-order valence-corrected chi connectivity index (χ3v) is 9.20. The highest BCUT2D eigenvalue weighted by atomic mass is 19.1. The van der Waals surface area contributed by atoms with Crippen LogP contribution in [0.25, 0.3) is 11.4 Å². The Morgan fingerprint density at radius 3 is 2.61 bits per heavy atom. The van der Waals surface area contributed by atoms with E-state index in [0.29, 0.717) is 48.4 Å². The Labute approximate surface area is 266 Å². The Morgan fingerprint density at radius 2 is 1.91 bits per heavy atom. The van der Waals surface area contributed by atoms with E-state index in [1.165, 1.54) is 12.0 Å². The fourth-order valence-corrected chi connectivity index (χ4v) is 6.53. The molecule has 2 amide bonds. The first-order chi connectivity index (χ1) is 22.5. The summed E-state index contributed by atoms with van der Waals surface area (Å²) < 4.78 is 26.5. The summed E-state index contributed by atoms with van der Waals surface area (Å²) in [4.78, 5) is 29.4. The number of piperazine rings is 1. The molecule has 7 rings (SSSR count). The summed E-state index contributed by atoms with van der Waals surface area (Å²) in [6.45, 7) is 5.76. The standard InChI is InChI=1S/C32H37FN10O3/c33-26-13-20(14-29-38-32(44)41-40-29)1-7-28(26)46-27-8-2-21(15-22(27)16-34)30-35-19-36-31(39-30)37-23-3-5-24(6-4-23)42-9-11-43(12-10-42)25-17-45-18-25/h2-6,8,15,19-20,25-26,28-29,40H,1,7,9-14,17-18H2,(H2,38,41,44)(H,35,36,37,39)/t20?,26-,28+,29?/m1/s1. The molecule has 13 nitrogen and oxygen atoms in total. The summed E-state index contributed by atoms with van der Waals surface area (Å²) in [7, 11) is 0. The molecule has 4 heterocycles. The van der Waals surface area contributed by atoms with Gasteiger partial charge in [-0.15, -0.1) is 0 Å². The van der Waals surface area contributed by atoms with Crippen molar-refractivity contribution in [3.8, 4) is 23.2 Å². The van der Waals surface area contributed by atoms with Crippen LogP contribution >= 0.6 is 0 Å². The molecule has 2 aromatic carbocycles. The summed E-state index contributed by atoms with van der Waals surface area (Å²) in [5.74, 6) is 1.23. The first-order valence-corrected chi connectivity index (χ1v) is 15.8. The number of nitriles is 1. The number of hydrogen-bond donors (Lipinski definition) is 4. The number of hydrazine groups is 1. The number of urea groups is 1. The number of aromatic nitrogens is 3. The number of carbonyl (C=O) groups excluding carboxylic acids is 1. The average molecular weight is 629 g/mol. The Morgan fingerprint density at radius 1 is 1.09 bits per heavy atom. The SMILES string of the molecule is N#Cc1cc(-c2ncnc(Nc3ccc(N4CCN(C5COC5)CC4)cc3)n2)ccc1O[C@H]1CCC(CC2NNC(=O)N2)C[C@H]1F. The molecule has 0 spiro atoms. The molecule has 4 atom stereocenters. The molecule has 240 valence electrons. The normalized spacial score (nSPS) is 25.2. The lowest BCUT2D eigenvalue weighted by atomic mass is 9.83. The van der Waals surface area contributed by atoms with Gasteiger partial charge in [-0.3, -0.25) is 10.3 Å². The van der Waals surface area contributed by atoms with Crippen molar-refractivity contribution in [3.63, 3.8) is 0 Å². The molecular weight excluding hydrogens is 591 g/mol. The predicted molar refractivity (Wildman–Crippen MR) is 168 cm³/mol. The van der Waals surface area contributed by atoms with Gasteiger partial charge in [0.15, 0.2) is 5.82 Å². The predicted octanol–water partition coefficient (Wildman–Crippen LogP) is 3.09. The zero-order valence-corrected chi connectivity index (χ0v) is 25.4. The minimum atomic E-state index is -1.18. The van der Waals surface area contributed by atoms with E-state index in [1.54, 1.807) is 18.2 Å². The Balaban J connectivity index is 0.949. The van der Waals surface area contributed by atoms with Gasteiger partial charge in [0.1, 0.15) is 30.4 Å². The van der Waals surface area contributed by atoms with E-state index in [2.05, 4.69) is 64.4 Å². The number of benzene rings is 2. The molecule has 1 aliphatic carbocycles. The zero-order chi connectivity index (χ0) is 31.5. The highest BCUT2D eigenvalue weighted by Crippen LogP contribution is 2.34. The number of carbonyl (C=O) groups is 1. The molecule has 4 fully saturated rings. The molecule has 3 aromatic rings. The molecule has 1 aromatic heterocycles. The van der Waals surface area contributed by atoms with Crippen LogP contribution in [0, 0.1) is 17.2 Å². The van der Waals surface area contributed by atoms with E-state index < -0.39 is 12.3 Å². The second-order valence-electron chi connectivity index (χ2n) is 12.2. The third-order valence-electron chi connectivity index (χ3n) is 9.20. The lowest BCUT2D eigenvalue weighted by molar-refractivity contribution is -0.0660. The van der Waals surface area contributed by atoms with Crippen LogP contribution in [0.3, 0.4) is 0 Å². The van der Waals surface area contributed by atoms with Crippen molar-refractivity contribution in [2.24, 2.45) is 5.92 Å². The molecule has 4 aliphatic rings. The maximum Gasteiger partial charge on any atom is 0.330 e. The number of nitrogens with one attached hydrogen (secondary N) is 4. The van der Waals surface area contributed by atoms with Gasteiger partial charge in [0.05, 0.1) is 31.0 Å². The number of halogens is 1. The number of ether oxygens (including phenoxy) is 2. The fraction of sp³-hybridized carbons (Fsp3) is 0.469. The number of alkyl halides is 1. The smallest absolute Gasteiger partial charge is 0.330 e. The molecule has 0 bridgehead atoms. The lowest BCUT2D eigenvalue weighted by Gasteiger charge is -2.43. The minimum absolute atomic E-state index is 0.114. The maximum atomic E-state index is 15.1. The summed E-state index contributed by atoms with van der Waals surface area (Å²) in [6.07, 6.45) is 1.62. The molecule has 14 heteroatoms. The molecule has 2 unspecified atom stereocenters.